The first kappa shape index (κ1) is 20.5. The molecule has 3 heterocycles. The Morgan fingerprint density at radius 1 is 1.10 bits per heavy atom. The van der Waals surface area contributed by atoms with Crippen LogP contribution in [0.4, 0.5) is 4.39 Å². The maximum Gasteiger partial charge on any atom is 0.267 e. The van der Waals surface area contributed by atoms with Crippen LogP contribution in [0.1, 0.15) is 61.5 Å². The van der Waals surface area contributed by atoms with Gasteiger partial charge in [0.2, 0.25) is 5.91 Å². The van der Waals surface area contributed by atoms with E-state index in [2.05, 4.69) is 20.1 Å². The van der Waals surface area contributed by atoms with Crippen molar-refractivity contribution in [3.63, 3.8) is 0 Å². The molecule has 31 heavy (non-hydrogen) atoms. The van der Waals surface area contributed by atoms with Gasteiger partial charge in [-0.05, 0) is 63.1 Å². The molecule has 2 amide bonds. The van der Waals surface area contributed by atoms with Gasteiger partial charge in [-0.1, -0.05) is 6.07 Å². The van der Waals surface area contributed by atoms with Crippen LogP contribution in [0.25, 0.3) is 10.9 Å². The third-order valence-corrected chi connectivity index (χ3v) is 7.57. The highest BCUT2D eigenvalue weighted by molar-refractivity contribution is 5.99. The SMILES string of the molecule is CC(=O)N1C2CCC1CN([C@H]1CCC[C@@H](NC(=O)c3cc4c(F)ccc(C)c4[nH]3)C1)C2. The number of aromatic nitrogens is 1. The Balaban J connectivity index is 1.24. The minimum absolute atomic E-state index is 0.118. The summed E-state index contributed by atoms with van der Waals surface area (Å²) in [6.07, 6.45) is 6.32. The minimum atomic E-state index is -0.312. The Kier molecular flexibility index (Phi) is 5.24. The summed E-state index contributed by atoms with van der Waals surface area (Å²) in [4.78, 5) is 32.6. The fourth-order valence-electron chi connectivity index (χ4n) is 6.09. The van der Waals surface area contributed by atoms with Crippen molar-refractivity contribution >= 4 is 22.7 Å². The van der Waals surface area contributed by atoms with Crippen LogP contribution in [-0.4, -0.2) is 63.9 Å². The van der Waals surface area contributed by atoms with Crippen LogP contribution in [0.3, 0.4) is 0 Å². The Morgan fingerprint density at radius 3 is 2.52 bits per heavy atom. The number of halogens is 1. The lowest BCUT2D eigenvalue weighted by molar-refractivity contribution is -0.135. The number of H-pyrrole nitrogens is 1. The zero-order chi connectivity index (χ0) is 21.7. The van der Waals surface area contributed by atoms with Crippen LogP contribution < -0.4 is 5.32 Å². The number of hydrogen-bond donors (Lipinski definition) is 2. The predicted octanol–water partition coefficient (Wildman–Crippen LogP) is 3.35. The first-order chi connectivity index (χ1) is 14.9. The molecule has 166 valence electrons. The van der Waals surface area contributed by atoms with Crippen LogP contribution in [0.2, 0.25) is 0 Å². The number of aryl methyl sites for hydroxylation is 1. The molecule has 3 aliphatic rings. The first-order valence-electron chi connectivity index (χ1n) is 11.5. The van der Waals surface area contributed by atoms with Gasteiger partial charge in [0.15, 0.2) is 0 Å². The van der Waals surface area contributed by atoms with Crippen molar-refractivity contribution in [2.24, 2.45) is 0 Å². The zero-order valence-electron chi connectivity index (χ0n) is 18.3. The summed E-state index contributed by atoms with van der Waals surface area (Å²) < 4.78 is 14.1. The van der Waals surface area contributed by atoms with E-state index in [1.165, 1.54) is 6.07 Å². The number of likely N-dealkylation sites (tertiary alicyclic amines) is 1. The fraction of sp³-hybridized carbons (Fsp3) is 0.583. The number of benzene rings is 1. The van der Waals surface area contributed by atoms with Crippen LogP contribution in [0.15, 0.2) is 18.2 Å². The molecule has 1 aromatic carbocycles. The second kappa shape index (κ2) is 7.93. The molecule has 6 nitrogen and oxygen atoms in total. The van der Waals surface area contributed by atoms with Gasteiger partial charge in [-0.2, -0.15) is 0 Å². The van der Waals surface area contributed by atoms with E-state index in [9.17, 15) is 14.0 Å². The van der Waals surface area contributed by atoms with E-state index in [-0.39, 0.29) is 23.7 Å². The van der Waals surface area contributed by atoms with Crippen LogP contribution in [0.5, 0.6) is 0 Å². The standard InChI is InChI=1S/C24H31FN4O2/c1-14-6-9-21(25)20-11-22(27-23(14)20)24(31)26-16-4-3-5-17(10-16)28-12-18-7-8-19(13-28)29(18)15(2)30/h6,9,11,16-19,27H,3-5,7-8,10,12-13H2,1-2H3,(H,26,31)/t16-,17+,18?,19?/m1/s1. The molecule has 7 heteroatoms. The highest BCUT2D eigenvalue weighted by atomic mass is 19.1. The quantitative estimate of drug-likeness (QED) is 0.791. The van der Waals surface area contributed by atoms with Crippen LogP contribution in [-0.2, 0) is 4.79 Å². The summed E-state index contributed by atoms with van der Waals surface area (Å²) in [5.74, 6) is -0.277. The van der Waals surface area contributed by atoms with Crippen molar-refractivity contribution in [2.75, 3.05) is 13.1 Å². The molecule has 2 aromatic rings. The molecule has 2 saturated heterocycles. The highest BCUT2D eigenvalue weighted by Crippen LogP contribution is 2.34. The summed E-state index contributed by atoms with van der Waals surface area (Å²) in [5, 5.41) is 3.65. The van der Waals surface area contributed by atoms with Crippen molar-refractivity contribution < 1.29 is 14.0 Å². The predicted molar refractivity (Wildman–Crippen MR) is 117 cm³/mol. The minimum Gasteiger partial charge on any atom is -0.350 e. The van der Waals surface area contributed by atoms with Crippen molar-refractivity contribution in [3.8, 4) is 0 Å². The number of piperazine rings is 1. The van der Waals surface area contributed by atoms with Gasteiger partial charge < -0.3 is 15.2 Å². The average molecular weight is 427 g/mol. The van der Waals surface area contributed by atoms with Gasteiger partial charge in [0, 0.05) is 49.6 Å². The maximum absolute atomic E-state index is 14.1. The summed E-state index contributed by atoms with van der Waals surface area (Å²) >= 11 is 0. The number of rotatable bonds is 3. The average Bonchev–Trinajstić information content (AvgIpc) is 3.32. The van der Waals surface area contributed by atoms with E-state index in [1.54, 1.807) is 19.1 Å². The second-order valence-corrected chi connectivity index (χ2v) is 9.59. The van der Waals surface area contributed by atoms with Gasteiger partial charge in [0.25, 0.3) is 5.91 Å². The smallest absolute Gasteiger partial charge is 0.267 e. The summed E-state index contributed by atoms with van der Waals surface area (Å²) in [6.45, 7) is 5.49. The number of hydrogen-bond acceptors (Lipinski definition) is 3. The lowest BCUT2D eigenvalue weighted by Gasteiger charge is -2.46. The van der Waals surface area contributed by atoms with Crippen molar-refractivity contribution in [1.29, 1.82) is 0 Å². The maximum atomic E-state index is 14.1. The molecule has 2 N–H and O–H groups in total. The largest absolute Gasteiger partial charge is 0.350 e. The number of nitrogens with one attached hydrogen (secondary N) is 2. The Labute approximate surface area is 182 Å². The molecule has 2 aliphatic heterocycles. The molecule has 4 atom stereocenters. The lowest BCUT2D eigenvalue weighted by Crippen LogP contribution is -2.59. The van der Waals surface area contributed by atoms with Crippen molar-refractivity contribution in [1.82, 2.24) is 20.1 Å². The number of aromatic amines is 1. The molecular weight excluding hydrogens is 395 g/mol. The third kappa shape index (κ3) is 3.73. The van der Waals surface area contributed by atoms with Gasteiger partial charge in [0.1, 0.15) is 11.5 Å². The first-order valence-corrected chi connectivity index (χ1v) is 11.5. The molecule has 2 bridgehead atoms. The Morgan fingerprint density at radius 2 is 1.84 bits per heavy atom. The normalized spacial score (nSPS) is 28.8. The van der Waals surface area contributed by atoms with Crippen molar-refractivity contribution in [3.05, 3.63) is 35.3 Å². The van der Waals surface area contributed by atoms with E-state index in [1.807, 2.05) is 6.92 Å². The van der Waals surface area contributed by atoms with E-state index >= 15 is 0 Å². The number of amides is 2. The van der Waals surface area contributed by atoms with Crippen LogP contribution in [0, 0.1) is 12.7 Å². The van der Waals surface area contributed by atoms with Gasteiger partial charge >= 0.3 is 0 Å². The summed E-state index contributed by atoms with van der Waals surface area (Å²) in [7, 11) is 0. The van der Waals surface area contributed by atoms with Gasteiger partial charge in [0.05, 0.1) is 5.52 Å². The highest BCUT2D eigenvalue weighted by Gasteiger charge is 2.43. The monoisotopic (exact) mass is 426 g/mol. The Hall–Kier alpha value is -2.41. The van der Waals surface area contributed by atoms with Gasteiger partial charge in [-0.3, -0.25) is 14.5 Å². The lowest BCUT2D eigenvalue weighted by atomic mass is 9.89. The molecule has 1 saturated carbocycles. The number of carbonyl (C=O) groups excluding carboxylic acids is 2. The molecule has 5 rings (SSSR count). The van der Waals surface area contributed by atoms with Crippen molar-refractivity contribution in [2.45, 2.75) is 76.5 Å². The van der Waals surface area contributed by atoms with Gasteiger partial charge in [-0.25, -0.2) is 4.39 Å². The Bertz CT molecular complexity index is 965. The van der Waals surface area contributed by atoms with E-state index in [0.717, 1.165) is 57.2 Å². The molecule has 0 spiro atoms. The molecule has 1 aromatic heterocycles. The van der Waals surface area contributed by atoms with Crippen LogP contribution >= 0.6 is 0 Å². The zero-order valence-corrected chi connectivity index (χ0v) is 18.3. The van der Waals surface area contributed by atoms with E-state index in [0.29, 0.717) is 34.7 Å². The van der Waals surface area contributed by atoms with E-state index in [4.69, 9.17) is 0 Å². The third-order valence-electron chi connectivity index (χ3n) is 7.57. The fourth-order valence-corrected chi connectivity index (χ4v) is 6.09. The summed E-state index contributed by atoms with van der Waals surface area (Å²) in [5.41, 5.74) is 2.02. The molecule has 3 fully saturated rings. The molecule has 2 unspecified atom stereocenters. The second-order valence-electron chi connectivity index (χ2n) is 9.59. The van der Waals surface area contributed by atoms with E-state index < -0.39 is 0 Å². The molecular formula is C24H31FN4O2. The molecule has 0 radical (unpaired) electrons. The molecule has 1 aliphatic carbocycles. The topological polar surface area (TPSA) is 68.4 Å². The number of nitrogens with zero attached hydrogens (tertiary/aromatic N) is 2. The van der Waals surface area contributed by atoms with Gasteiger partial charge in [-0.15, -0.1) is 0 Å². The number of carbonyl (C=O) groups is 2. The summed E-state index contributed by atoms with van der Waals surface area (Å²) in [6, 6.07) is 6.03. The number of fused-ring (bicyclic) bond motifs is 3.